The summed E-state index contributed by atoms with van der Waals surface area (Å²) in [5, 5.41) is 12.2. The zero-order chi connectivity index (χ0) is 35.6. The average Bonchev–Trinajstić information content (AvgIpc) is 3.63. The summed E-state index contributed by atoms with van der Waals surface area (Å²) in [6.07, 6.45) is 0. The van der Waals surface area contributed by atoms with Crippen molar-refractivity contribution < 1.29 is 4.42 Å². The Labute approximate surface area is 312 Å². The van der Waals surface area contributed by atoms with Crippen molar-refractivity contribution in [2.24, 2.45) is 0 Å². The molecule has 252 valence electrons. The van der Waals surface area contributed by atoms with E-state index in [-0.39, 0.29) is 0 Å². The molecular formula is C52H33NO. The second-order valence-corrected chi connectivity index (χ2v) is 14.1. The number of hydrogen-bond donors (Lipinski definition) is 0. The van der Waals surface area contributed by atoms with Crippen LogP contribution in [0.5, 0.6) is 0 Å². The van der Waals surface area contributed by atoms with Crippen molar-refractivity contribution >= 4 is 82.1 Å². The maximum atomic E-state index is 6.42. The van der Waals surface area contributed by atoms with Gasteiger partial charge in [0.25, 0.3) is 0 Å². The lowest BCUT2D eigenvalue weighted by molar-refractivity contribution is 0.672. The number of para-hydroxylation sites is 1. The normalized spacial score (nSPS) is 11.7. The van der Waals surface area contributed by atoms with E-state index in [1.807, 2.05) is 12.1 Å². The molecule has 0 aliphatic carbocycles. The van der Waals surface area contributed by atoms with Crippen molar-refractivity contribution in [2.75, 3.05) is 4.90 Å². The molecule has 0 N–H and O–H groups in total. The zero-order valence-corrected chi connectivity index (χ0v) is 29.4. The molecule has 0 amide bonds. The van der Waals surface area contributed by atoms with Gasteiger partial charge in [-0.3, -0.25) is 0 Å². The number of fused-ring (bicyclic) bond motifs is 10. The summed E-state index contributed by atoms with van der Waals surface area (Å²) in [5.41, 5.74) is 9.89. The van der Waals surface area contributed by atoms with Crippen LogP contribution in [0.15, 0.2) is 205 Å². The minimum absolute atomic E-state index is 0.913. The van der Waals surface area contributed by atoms with Gasteiger partial charge < -0.3 is 9.32 Å². The van der Waals surface area contributed by atoms with Gasteiger partial charge in [0.15, 0.2) is 0 Å². The van der Waals surface area contributed by atoms with Crippen LogP contribution in [0.4, 0.5) is 17.1 Å². The lowest BCUT2D eigenvalue weighted by Crippen LogP contribution is -2.10. The molecule has 0 aliphatic heterocycles. The molecule has 0 bridgehead atoms. The molecule has 2 nitrogen and oxygen atoms in total. The number of hydrogen-bond acceptors (Lipinski definition) is 2. The van der Waals surface area contributed by atoms with E-state index < -0.39 is 0 Å². The lowest BCUT2D eigenvalue weighted by Gasteiger charge is -2.26. The third kappa shape index (κ3) is 4.88. The van der Waals surface area contributed by atoms with Gasteiger partial charge in [-0.1, -0.05) is 140 Å². The van der Waals surface area contributed by atoms with Gasteiger partial charge in [0.05, 0.1) is 0 Å². The van der Waals surface area contributed by atoms with E-state index in [9.17, 15) is 0 Å². The summed E-state index contributed by atoms with van der Waals surface area (Å²) in [6, 6.07) is 72.3. The molecule has 0 spiro atoms. The van der Waals surface area contributed by atoms with Crippen LogP contribution in [0.3, 0.4) is 0 Å². The fraction of sp³-hybridized carbons (Fsp3) is 0. The highest BCUT2D eigenvalue weighted by atomic mass is 16.3. The van der Waals surface area contributed by atoms with Crippen LogP contribution < -0.4 is 4.90 Å². The molecule has 1 heterocycles. The van der Waals surface area contributed by atoms with Crippen molar-refractivity contribution in [2.45, 2.75) is 0 Å². The maximum absolute atomic E-state index is 6.42. The third-order valence-electron chi connectivity index (χ3n) is 11.0. The second kappa shape index (κ2) is 12.2. The molecule has 0 fully saturated rings. The largest absolute Gasteiger partial charge is 0.455 e. The van der Waals surface area contributed by atoms with Crippen molar-refractivity contribution in [1.82, 2.24) is 0 Å². The second-order valence-electron chi connectivity index (χ2n) is 14.1. The molecule has 11 rings (SSSR count). The minimum Gasteiger partial charge on any atom is -0.455 e. The highest BCUT2D eigenvalue weighted by molar-refractivity contribution is 6.24. The molecule has 0 saturated carbocycles. The van der Waals surface area contributed by atoms with Gasteiger partial charge in [-0.15, -0.1) is 0 Å². The Hall–Kier alpha value is -7.16. The Morgan fingerprint density at radius 3 is 1.78 bits per heavy atom. The topological polar surface area (TPSA) is 16.4 Å². The van der Waals surface area contributed by atoms with Crippen LogP contribution >= 0.6 is 0 Å². The van der Waals surface area contributed by atoms with E-state index in [2.05, 4.69) is 193 Å². The molecule has 0 unspecified atom stereocenters. The summed E-state index contributed by atoms with van der Waals surface area (Å²) in [5.74, 6) is 0. The van der Waals surface area contributed by atoms with E-state index in [1.165, 1.54) is 54.6 Å². The lowest BCUT2D eigenvalue weighted by atomic mass is 9.90. The van der Waals surface area contributed by atoms with Crippen LogP contribution in [-0.2, 0) is 0 Å². The Kier molecular flexibility index (Phi) is 6.90. The number of anilines is 3. The average molecular weight is 688 g/mol. The standard InChI is InChI=1S/C52H33NO/c1-2-11-34(12-3-1)37-15-10-16-41(31-37)53(42-27-30-45-39(32-42)24-29-48-46-19-8-9-20-50(46)54-52(45)48)40-25-21-36(22-26-40)49-33-38-14-5-7-18-44(38)51-43-17-6-4-13-35(43)23-28-47(49)51/h1-33H. The summed E-state index contributed by atoms with van der Waals surface area (Å²) < 4.78 is 6.42. The van der Waals surface area contributed by atoms with Gasteiger partial charge >= 0.3 is 0 Å². The maximum Gasteiger partial charge on any atom is 0.143 e. The summed E-state index contributed by atoms with van der Waals surface area (Å²) in [4.78, 5) is 2.37. The Balaban J connectivity index is 1.08. The highest BCUT2D eigenvalue weighted by Gasteiger charge is 2.18. The van der Waals surface area contributed by atoms with E-state index in [0.717, 1.165) is 49.8 Å². The highest BCUT2D eigenvalue weighted by Crippen LogP contribution is 2.43. The molecular weight excluding hydrogens is 655 g/mol. The predicted molar refractivity (Wildman–Crippen MR) is 229 cm³/mol. The van der Waals surface area contributed by atoms with E-state index in [1.54, 1.807) is 0 Å². The van der Waals surface area contributed by atoms with Crippen LogP contribution in [-0.4, -0.2) is 0 Å². The zero-order valence-electron chi connectivity index (χ0n) is 29.4. The smallest absolute Gasteiger partial charge is 0.143 e. The molecule has 11 aromatic rings. The quantitative estimate of drug-likeness (QED) is 0.168. The summed E-state index contributed by atoms with van der Waals surface area (Å²) >= 11 is 0. The van der Waals surface area contributed by atoms with Gasteiger partial charge in [-0.05, 0) is 121 Å². The van der Waals surface area contributed by atoms with Gasteiger partial charge in [-0.2, -0.15) is 0 Å². The number of nitrogens with zero attached hydrogens (tertiary/aromatic N) is 1. The summed E-state index contributed by atoms with van der Waals surface area (Å²) in [6.45, 7) is 0. The Morgan fingerprint density at radius 1 is 0.315 bits per heavy atom. The van der Waals surface area contributed by atoms with E-state index in [4.69, 9.17) is 4.42 Å². The Morgan fingerprint density at radius 2 is 0.926 bits per heavy atom. The van der Waals surface area contributed by atoms with Crippen molar-refractivity contribution in [1.29, 1.82) is 0 Å². The summed E-state index contributed by atoms with van der Waals surface area (Å²) in [7, 11) is 0. The SMILES string of the molecule is c1ccc(-c2cccc(N(c3ccc(-c4cc5ccccc5c5c4ccc4ccccc45)cc3)c3ccc4c(ccc5c6ccccc6oc45)c3)c2)cc1. The molecule has 10 aromatic carbocycles. The van der Waals surface area contributed by atoms with Gasteiger partial charge in [0.1, 0.15) is 11.2 Å². The van der Waals surface area contributed by atoms with Crippen molar-refractivity contribution in [3.8, 4) is 22.3 Å². The van der Waals surface area contributed by atoms with Crippen LogP contribution in [0.1, 0.15) is 0 Å². The van der Waals surface area contributed by atoms with Gasteiger partial charge in [0, 0.05) is 33.2 Å². The number of benzene rings is 10. The van der Waals surface area contributed by atoms with E-state index >= 15 is 0 Å². The first-order valence-corrected chi connectivity index (χ1v) is 18.5. The van der Waals surface area contributed by atoms with Crippen LogP contribution in [0.2, 0.25) is 0 Å². The first-order chi connectivity index (χ1) is 26.8. The van der Waals surface area contributed by atoms with Crippen molar-refractivity contribution in [3.05, 3.63) is 200 Å². The van der Waals surface area contributed by atoms with Crippen LogP contribution in [0.25, 0.3) is 87.3 Å². The number of rotatable bonds is 5. The Bertz CT molecular complexity index is 3200. The molecule has 0 aliphatic rings. The minimum atomic E-state index is 0.913. The molecule has 54 heavy (non-hydrogen) atoms. The number of furan rings is 1. The van der Waals surface area contributed by atoms with Crippen molar-refractivity contribution in [3.63, 3.8) is 0 Å². The van der Waals surface area contributed by atoms with Gasteiger partial charge in [0.2, 0.25) is 0 Å². The van der Waals surface area contributed by atoms with Crippen LogP contribution in [0, 0.1) is 0 Å². The predicted octanol–water partition coefficient (Wildman–Crippen LogP) is 15.0. The first-order valence-electron chi connectivity index (χ1n) is 18.5. The molecule has 2 heteroatoms. The van der Waals surface area contributed by atoms with E-state index in [0.29, 0.717) is 0 Å². The molecule has 0 radical (unpaired) electrons. The molecule has 0 saturated heterocycles. The van der Waals surface area contributed by atoms with Gasteiger partial charge in [-0.25, -0.2) is 0 Å². The monoisotopic (exact) mass is 687 g/mol. The fourth-order valence-corrected chi connectivity index (χ4v) is 8.44. The first kappa shape index (κ1) is 30.5. The molecule has 1 aromatic heterocycles. The molecule has 0 atom stereocenters. The fourth-order valence-electron chi connectivity index (χ4n) is 8.44. The third-order valence-corrected chi connectivity index (χ3v) is 11.0.